The number of hydrogen-bond donors (Lipinski definition) is 1. The minimum atomic E-state index is -4.33. The third-order valence-corrected chi connectivity index (χ3v) is 6.81. The number of carbonyl (C=O) groups excluding carboxylic acids is 1. The Bertz CT molecular complexity index is 1170. The number of piperidine rings is 1. The van der Waals surface area contributed by atoms with Crippen molar-refractivity contribution in [1.29, 1.82) is 0 Å². The Kier molecular flexibility index (Phi) is 7.32. The average Bonchev–Trinajstić information content (AvgIpc) is 2.88. The molecule has 1 amide bonds. The summed E-state index contributed by atoms with van der Waals surface area (Å²) in [6, 6.07) is 19.1. The quantitative estimate of drug-likeness (QED) is 0.497. The summed E-state index contributed by atoms with van der Waals surface area (Å²) in [6.45, 7) is 3.88. The van der Waals surface area contributed by atoms with Gasteiger partial charge in [0.2, 0.25) is 0 Å². The largest absolute Gasteiger partial charge is 0.489 e. The topological polar surface area (TPSA) is 57.7 Å². The van der Waals surface area contributed by atoms with Gasteiger partial charge in [-0.3, -0.25) is 9.69 Å². The van der Waals surface area contributed by atoms with E-state index in [1.54, 1.807) is 18.3 Å². The molecule has 0 atom stereocenters. The summed E-state index contributed by atoms with van der Waals surface area (Å²) in [5.74, 6) is 0.406. The van der Waals surface area contributed by atoms with Crippen molar-refractivity contribution >= 4 is 11.6 Å². The first-order valence-electron chi connectivity index (χ1n) is 12.5. The Morgan fingerprint density at radius 1 is 0.973 bits per heavy atom. The van der Waals surface area contributed by atoms with E-state index >= 15 is 0 Å². The molecule has 2 aliphatic rings. The molecular formula is C28H29F3N4O2. The van der Waals surface area contributed by atoms with Crippen molar-refractivity contribution in [1.82, 2.24) is 15.2 Å². The number of hydrogen-bond acceptors (Lipinski definition) is 5. The van der Waals surface area contributed by atoms with Crippen LogP contribution in [0, 0.1) is 0 Å². The normalized spacial score (nSPS) is 17.3. The number of amides is 1. The first-order valence-corrected chi connectivity index (χ1v) is 12.5. The van der Waals surface area contributed by atoms with Gasteiger partial charge in [0.25, 0.3) is 5.91 Å². The number of anilines is 1. The maximum absolute atomic E-state index is 12.8. The molecule has 37 heavy (non-hydrogen) atoms. The number of nitrogens with zero attached hydrogens (tertiary/aromatic N) is 3. The molecule has 1 N–H and O–H groups in total. The molecule has 0 saturated carbocycles. The molecule has 0 spiro atoms. The zero-order valence-electron chi connectivity index (χ0n) is 20.3. The second-order valence-electron chi connectivity index (χ2n) is 9.58. The number of likely N-dealkylation sites (tertiary alicyclic amines) is 1. The molecule has 9 heteroatoms. The van der Waals surface area contributed by atoms with Gasteiger partial charge in [-0.05, 0) is 42.0 Å². The van der Waals surface area contributed by atoms with Crippen LogP contribution in [-0.4, -0.2) is 54.1 Å². The van der Waals surface area contributed by atoms with Crippen molar-refractivity contribution < 1.29 is 22.7 Å². The van der Waals surface area contributed by atoms with Gasteiger partial charge in [0.1, 0.15) is 17.5 Å². The van der Waals surface area contributed by atoms with Gasteiger partial charge in [-0.2, -0.15) is 13.2 Å². The molecule has 6 nitrogen and oxygen atoms in total. The lowest BCUT2D eigenvalue weighted by Crippen LogP contribution is -2.58. The fraction of sp³-hybridized carbons (Fsp3) is 0.357. The van der Waals surface area contributed by atoms with E-state index < -0.39 is 11.7 Å². The molecule has 2 aliphatic heterocycles. The smallest absolute Gasteiger partial charge is 0.416 e. The highest BCUT2D eigenvalue weighted by Gasteiger charge is 2.31. The molecule has 0 aliphatic carbocycles. The van der Waals surface area contributed by atoms with Crippen molar-refractivity contribution in [2.75, 3.05) is 31.1 Å². The zero-order valence-corrected chi connectivity index (χ0v) is 20.3. The summed E-state index contributed by atoms with van der Waals surface area (Å²) in [4.78, 5) is 21.2. The van der Waals surface area contributed by atoms with E-state index in [0.29, 0.717) is 24.5 Å². The van der Waals surface area contributed by atoms with Crippen molar-refractivity contribution in [2.24, 2.45) is 0 Å². The molecule has 2 aromatic carbocycles. The Morgan fingerprint density at radius 3 is 2.30 bits per heavy atom. The monoisotopic (exact) mass is 510 g/mol. The van der Waals surface area contributed by atoms with Crippen molar-refractivity contribution in [2.45, 2.75) is 37.7 Å². The third-order valence-electron chi connectivity index (χ3n) is 6.81. The highest BCUT2D eigenvalue weighted by molar-refractivity contribution is 5.92. The molecule has 2 saturated heterocycles. The van der Waals surface area contributed by atoms with Gasteiger partial charge in [0, 0.05) is 51.3 Å². The summed E-state index contributed by atoms with van der Waals surface area (Å²) in [7, 11) is 0. The van der Waals surface area contributed by atoms with Crippen LogP contribution in [0.25, 0.3) is 0 Å². The van der Waals surface area contributed by atoms with Crippen LogP contribution in [-0.2, 0) is 12.7 Å². The van der Waals surface area contributed by atoms with Crippen LogP contribution < -0.4 is 15.0 Å². The summed E-state index contributed by atoms with van der Waals surface area (Å²) in [5, 5.41) is 3.03. The molecule has 3 aromatic rings. The van der Waals surface area contributed by atoms with E-state index in [0.717, 1.165) is 50.3 Å². The first kappa shape index (κ1) is 25.1. The maximum Gasteiger partial charge on any atom is 0.416 e. The van der Waals surface area contributed by atoms with Crippen molar-refractivity contribution in [3.63, 3.8) is 0 Å². The number of alkyl halides is 3. The number of pyridine rings is 1. The third kappa shape index (κ3) is 6.40. The summed E-state index contributed by atoms with van der Waals surface area (Å²) < 4.78 is 44.4. The van der Waals surface area contributed by atoms with Gasteiger partial charge in [-0.1, -0.05) is 30.3 Å². The predicted molar refractivity (Wildman–Crippen MR) is 135 cm³/mol. The van der Waals surface area contributed by atoms with E-state index in [4.69, 9.17) is 4.74 Å². The molecule has 2 fully saturated rings. The van der Waals surface area contributed by atoms with Gasteiger partial charge < -0.3 is 15.0 Å². The van der Waals surface area contributed by atoms with Gasteiger partial charge in [0.15, 0.2) is 0 Å². The van der Waals surface area contributed by atoms with Crippen LogP contribution in [0.5, 0.6) is 5.75 Å². The fourth-order valence-electron chi connectivity index (χ4n) is 4.76. The summed E-state index contributed by atoms with van der Waals surface area (Å²) in [6.07, 6.45) is -1.29. The number of rotatable bonds is 7. The minimum absolute atomic E-state index is 0.0160. The van der Waals surface area contributed by atoms with Crippen molar-refractivity contribution in [3.8, 4) is 5.75 Å². The fourth-order valence-corrected chi connectivity index (χ4v) is 4.76. The molecule has 3 heterocycles. The highest BCUT2D eigenvalue weighted by atomic mass is 19.4. The lowest BCUT2D eigenvalue weighted by molar-refractivity contribution is -0.137. The van der Waals surface area contributed by atoms with Crippen LogP contribution >= 0.6 is 0 Å². The van der Waals surface area contributed by atoms with E-state index in [-0.39, 0.29) is 18.1 Å². The number of halogens is 3. The molecule has 194 valence electrons. The van der Waals surface area contributed by atoms with E-state index in [9.17, 15) is 18.0 Å². The van der Waals surface area contributed by atoms with Crippen LogP contribution in [0.15, 0.2) is 72.9 Å². The molecule has 0 bridgehead atoms. The number of benzene rings is 2. The molecule has 5 rings (SSSR count). The van der Waals surface area contributed by atoms with Crippen LogP contribution in [0.1, 0.15) is 34.5 Å². The Balaban J connectivity index is 1.04. The van der Waals surface area contributed by atoms with E-state index in [1.165, 1.54) is 17.7 Å². The Labute approximate surface area is 214 Å². The number of ether oxygens (including phenoxy) is 1. The molecule has 1 aromatic heterocycles. The van der Waals surface area contributed by atoms with Gasteiger partial charge in [-0.25, -0.2) is 4.98 Å². The standard InChI is InChI=1S/C28H29F3N4O2/c29-28(30,31)21-6-8-23(9-7-21)35-14-12-24(13-15-35)37-25-10-11-26(32-16-25)27(36)33-22-18-34(19-22)17-20-4-2-1-3-5-20/h1-11,16,22,24H,12-15,17-19H2,(H,33,36). The van der Waals surface area contributed by atoms with E-state index in [2.05, 4.69) is 32.2 Å². The number of aromatic nitrogens is 1. The second-order valence-corrected chi connectivity index (χ2v) is 9.58. The zero-order chi connectivity index (χ0) is 25.8. The second kappa shape index (κ2) is 10.8. The SMILES string of the molecule is O=C(NC1CN(Cc2ccccc2)C1)c1ccc(OC2CCN(c3ccc(C(F)(F)F)cc3)CC2)cn1. The molecule has 0 radical (unpaired) electrons. The van der Waals surface area contributed by atoms with Gasteiger partial charge in [0.05, 0.1) is 17.8 Å². The average molecular weight is 511 g/mol. The molecular weight excluding hydrogens is 481 g/mol. The lowest BCUT2D eigenvalue weighted by Gasteiger charge is -2.39. The van der Waals surface area contributed by atoms with Crippen molar-refractivity contribution in [3.05, 3.63) is 89.7 Å². The number of nitrogens with one attached hydrogen (secondary N) is 1. The lowest BCUT2D eigenvalue weighted by atomic mass is 10.1. The first-order chi connectivity index (χ1) is 17.8. The number of carbonyl (C=O) groups is 1. The van der Waals surface area contributed by atoms with Gasteiger partial charge in [-0.15, -0.1) is 0 Å². The van der Waals surface area contributed by atoms with Crippen LogP contribution in [0.3, 0.4) is 0 Å². The minimum Gasteiger partial charge on any atom is -0.489 e. The summed E-state index contributed by atoms with van der Waals surface area (Å²) >= 11 is 0. The Hall–Kier alpha value is -3.59. The Morgan fingerprint density at radius 2 is 1.68 bits per heavy atom. The van der Waals surface area contributed by atoms with Crippen LogP contribution in [0.4, 0.5) is 18.9 Å². The summed E-state index contributed by atoms with van der Waals surface area (Å²) in [5.41, 5.74) is 1.75. The van der Waals surface area contributed by atoms with E-state index in [1.807, 2.05) is 18.2 Å². The highest BCUT2D eigenvalue weighted by Crippen LogP contribution is 2.31. The molecule has 0 unspecified atom stereocenters. The van der Waals surface area contributed by atoms with Crippen LogP contribution in [0.2, 0.25) is 0 Å². The predicted octanol–water partition coefficient (Wildman–Crippen LogP) is 4.76. The van der Waals surface area contributed by atoms with Gasteiger partial charge >= 0.3 is 6.18 Å². The maximum atomic E-state index is 12.8.